The van der Waals surface area contributed by atoms with Crippen molar-refractivity contribution < 1.29 is 14.7 Å². The van der Waals surface area contributed by atoms with E-state index in [1.165, 1.54) is 0 Å². The maximum Gasteiger partial charge on any atom is 0.303 e. The summed E-state index contributed by atoms with van der Waals surface area (Å²) in [6.45, 7) is 1.96. The van der Waals surface area contributed by atoms with Crippen molar-refractivity contribution in [3.05, 3.63) is 0 Å². The molecule has 2 N–H and O–H groups in total. The topological polar surface area (TPSA) is 66.4 Å². The number of carbonyl (C=O) groups is 2. The molecule has 1 saturated heterocycles. The van der Waals surface area contributed by atoms with Crippen LogP contribution in [0.5, 0.6) is 0 Å². The summed E-state index contributed by atoms with van der Waals surface area (Å²) in [6, 6.07) is 0.0531. The Balaban J connectivity index is 2.52. The molecule has 1 amide bonds. The molecule has 2 atom stereocenters. The molecule has 13 heavy (non-hydrogen) atoms. The van der Waals surface area contributed by atoms with Crippen LogP contribution in [-0.4, -0.2) is 23.0 Å². The Bertz CT molecular complexity index is 215. The van der Waals surface area contributed by atoms with E-state index in [-0.39, 0.29) is 24.3 Å². The van der Waals surface area contributed by atoms with Crippen LogP contribution in [0.4, 0.5) is 0 Å². The molecule has 4 nitrogen and oxygen atoms in total. The van der Waals surface area contributed by atoms with Gasteiger partial charge in [-0.25, -0.2) is 0 Å². The van der Waals surface area contributed by atoms with Crippen LogP contribution in [0.1, 0.15) is 32.6 Å². The van der Waals surface area contributed by atoms with Crippen LogP contribution in [-0.2, 0) is 9.59 Å². The number of rotatable bonds is 3. The molecule has 1 aliphatic rings. The molecule has 0 aromatic carbocycles. The molecule has 0 unspecified atom stereocenters. The van der Waals surface area contributed by atoms with Gasteiger partial charge in [0.25, 0.3) is 0 Å². The molecule has 0 aromatic heterocycles. The lowest BCUT2D eigenvalue weighted by Crippen LogP contribution is -2.45. The summed E-state index contributed by atoms with van der Waals surface area (Å²) in [4.78, 5) is 21.5. The van der Waals surface area contributed by atoms with Gasteiger partial charge in [0.05, 0.1) is 6.42 Å². The number of nitrogens with one attached hydrogen (secondary N) is 1. The summed E-state index contributed by atoms with van der Waals surface area (Å²) in [7, 11) is 0. The zero-order valence-corrected chi connectivity index (χ0v) is 7.75. The van der Waals surface area contributed by atoms with Crippen LogP contribution in [0.25, 0.3) is 0 Å². The Morgan fingerprint density at radius 3 is 2.92 bits per heavy atom. The van der Waals surface area contributed by atoms with Gasteiger partial charge in [0, 0.05) is 12.5 Å². The van der Waals surface area contributed by atoms with Gasteiger partial charge in [-0.1, -0.05) is 6.92 Å². The zero-order valence-electron chi connectivity index (χ0n) is 7.75. The van der Waals surface area contributed by atoms with Crippen molar-refractivity contribution in [1.82, 2.24) is 5.32 Å². The van der Waals surface area contributed by atoms with Crippen molar-refractivity contribution in [2.24, 2.45) is 5.92 Å². The maximum absolute atomic E-state index is 11.0. The molecule has 1 heterocycles. The zero-order chi connectivity index (χ0) is 9.84. The van der Waals surface area contributed by atoms with Crippen LogP contribution in [0.15, 0.2) is 0 Å². The molecule has 0 bridgehead atoms. The predicted octanol–water partition coefficient (Wildman–Crippen LogP) is 0.766. The number of hydrogen-bond acceptors (Lipinski definition) is 2. The molecule has 1 aliphatic heterocycles. The largest absolute Gasteiger partial charge is 0.481 e. The molecule has 0 saturated carbocycles. The van der Waals surface area contributed by atoms with Crippen LogP contribution in [0.2, 0.25) is 0 Å². The summed E-state index contributed by atoms with van der Waals surface area (Å²) in [5.74, 6) is -0.617. The molecular formula is C9H15NO3. The molecule has 0 spiro atoms. The highest BCUT2D eigenvalue weighted by Gasteiger charge is 2.28. The van der Waals surface area contributed by atoms with E-state index >= 15 is 0 Å². The second-order valence-corrected chi connectivity index (χ2v) is 3.48. The van der Waals surface area contributed by atoms with Gasteiger partial charge in [0.15, 0.2) is 0 Å². The standard InChI is InChI=1S/C9H15NO3/c1-2-7-6(5-9(12)13)3-4-8(11)10-7/h6-7H,2-5H2,1H3,(H,10,11)(H,12,13)/t6-,7-/m1/s1. The average Bonchev–Trinajstić information content (AvgIpc) is 2.07. The first-order chi connectivity index (χ1) is 6.13. The molecule has 4 heteroatoms. The molecule has 0 aliphatic carbocycles. The van der Waals surface area contributed by atoms with Gasteiger partial charge >= 0.3 is 5.97 Å². The molecule has 1 rings (SSSR count). The summed E-state index contributed by atoms with van der Waals surface area (Å²) in [6.07, 6.45) is 2.15. The van der Waals surface area contributed by atoms with Gasteiger partial charge in [-0.3, -0.25) is 9.59 Å². The summed E-state index contributed by atoms with van der Waals surface area (Å²) < 4.78 is 0. The molecule has 1 fully saturated rings. The summed E-state index contributed by atoms with van der Waals surface area (Å²) in [5, 5.41) is 11.5. The number of aliphatic carboxylic acids is 1. The lowest BCUT2D eigenvalue weighted by molar-refractivity contribution is -0.139. The third-order valence-electron chi connectivity index (χ3n) is 2.53. The van der Waals surface area contributed by atoms with Gasteiger partial charge in [-0.05, 0) is 18.8 Å². The maximum atomic E-state index is 11.0. The third kappa shape index (κ3) is 2.72. The molecule has 0 aromatic rings. The predicted molar refractivity (Wildman–Crippen MR) is 47.2 cm³/mol. The van der Waals surface area contributed by atoms with Crippen molar-refractivity contribution in [1.29, 1.82) is 0 Å². The normalized spacial score (nSPS) is 28.2. The van der Waals surface area contributed by atoms with Crippen molar-refractivity contribution in [2.75, 3.05) is 0 Å². The van der Waals surface area contributed by atoms with E-state index in [1.54, 1.807) is 0 Å². The van der Waals surface area contributed by atoms with Crippen molar-refractivity contribution >= 4 is 11.9 Å². The smallest absolute Gasteiger partial charge is 0.303 e. The molecular weight excluding hydrogens is 170 g/mol. The van der Waals surface area contributed by atoms with E-state index in [4.69, 9.17) is 5.11 Å². The van der Waals surface area contributed by atoms with Gasteiger partial charge < -0.3 is 10.4 Å². The first-order valence-electron chi connectivity index (χ1n) is 4.64. The van der Waals surface area contributed by atoms with E-state index in [2.05, 4.69) is 5.32 Å². The van der Waals surface area contributed by atoms with Crippen molar-refractivity contribution in [3.63, 3.8) is 0 Å². The number of carboxylic acids is 1. The van der Waals surface area contributed by atoms with Crippen molar-refractivity contribution in [3.8, 4) is 0 Å². The minimum absolute atomic E-state index is 0.0495. The SMILES string of the molecule is CC[C@H]1NC(=O)CC[C@@H]1CC(=O)O. The third-order valence-corrected chi connectivity index (χ3v) is 2.53. The van der Waals surface area contributed by atoms with Crippen molar-refractivity contribution in [2.45, 2.75) is 38.6 Å². The van der Waals surface area contributed by atoms with E-state index in [1.807, 2.05) is 6.92 Å². The Morgan fingerprint density at radius 1 is 1.69 bits per heavy atom. The van der Waals surface area contributed by atoms with E-state index in [9.17, 15) is 9.59 Å². The van der Waals surface area contributed by atoms with E-state index in [0.717, 1.165) is 6.42 Å². The highest BCUT2D eigenvalue weighted by molar-refractivity contribution is 5.77. The Morgan fingerprint density at radius 2 is 2.38 bits per heavy atom. The first kappa shape index (κ1) is 10.0. The van der Waals surface area contributed by atoms with Gasteiger partial charge in [-0.15, -0.1) is 0 Å². The minimum Gasteiger partial charge on any atom is -0.481 e. The summed E-state index contributed by atoms with van der Waals surface area (Å²) >= 11 is 0. The first-order valence-corrected chi connectivity index (χ1v) is 4.64. The van der Waals surface area contributed by atoms with Crippen LogP contribution in [0.3, 0.4) is 0 Å². The fraction of sp³-hybridized carbons (Fsp3) is 0.778. The van der Waals surface area contributed by atoms with Gasteiger partial charge in [0.2, 0.25) is 5.91 Å². The Labute approximate surface area is 77.3 Å². The number of carboxylic acid groups (broad SMARTS) is 1. The van der Waals surface area contributed by atoms with Gasteiger partial charge in [-0.2, -0.15) is 0 Å². The van der Waals surface area contributed by atoms with Crippen LogP contribution >= 0.6 is 0 Å². The lowest BCUT2D eigenvalue weighted by atomic mass is 9.86. The van der Waals surface area contributed by atoms with Crippen LogP contribution < -0.4 is 5.32 Å². The fourth-order valence-corrected chi connectivity index (χ4v) is 1.82. The van der Waals surface area contributed by atoms with E-state index < -0.39 is 5.97 Å². The van der Waals surface area contributed by atoms with Gasteiger partial charge in [0.1, 0.15) is 0 Å². The van der Waals surface area contributed by atoms with E-state index in [0.29, 0.717) is 12.8 Å². The second-order valence-electron chi connectivity index (χ2n) is 3.48. The Hall–Kier alpha value is -1.06. The number of hydrogen-bond donors (Lipinski definition) is 2. The number of carbonyl (C=O) groups excluding carboxylic acids is 1. The Kier molecular flexibility index (Phi) is 3.28. The average molecular weight is 185 g/mol. The highest BCUT2D eigenvalue weighted by atomic mass is 16.4. The highest BCUT2D eigenvalue weighted by Crippen LogP contribution is 2.22. The number of piperidine rings is 1. The number of amides is 1. The monoisotopic (exact) mass is 185 g/mol. The lowest BCUT2D eigenvalue weighted by Gasteiger charge is -2.30. The fourth-order valence-electron chi connectivity index (χ4n) is 1.82. The molecule has 74 valence electrons. The minimum atomic E-state index is -0.778. The summed E-state index contributed by atoms with van der Waals surface area (Å²) in [5.41, 5.74) is 0. The molecule has 0 radical (unpaired) electrons. The quantitative estimate of drug-likeness (QED) is 0.682. The van der Waals surface area contributed by atoms with Crippen LogP contribution in [0, 0.1) is 5.92 Å². The second kappa shape index (κ2) is 4.25.